The minimum atomic E-state index is -0.0884. The summed E-state index contributed by atoms with van der Waals surface area (Å²) in [5, 5.41) is 0. The second-order valence-corrected chi connectivity index (χ2v) is 7.32. The third-order valence-electron chi connectivity index (χ3n) is 4.39. The van der Waals surface area contributed by atoms with Crippen LogP contribution < -0.4 is 0 Å². The van der Waals surface area contributed by atoms with Gasteiger partial charge in [-0.05, 0) is 65.2 Å². The van der Waals surface area contributed by atoms with Crippen LogP contribution in [0.4, 0.5) is 0 Å². The van der Waals surface area contributed by atoms with Crippen LogP contribution in [0.1, 0.15) is 119 Å². The maximum Gasteiger partial charge on any atom is 0.306 e. The van der Waals surface area contributed by atoms with E-state index in [0.717, 1.165) is 18.8 Å². The molecule has 1 aliphatic carbocycles. The molecule has 1 saturated carbocycles. The van der Waals surface area contributed by atoms with E-state index in [2.05, 4.69) is 25.2 Å². The molecule has 0 unspecified atom stereocenters. The molecule has 0 bridgehead atoms. The van der Waals surface area contributed by atoms with Gasteiger partial charge in [-0.3, -0.25) is 4.79 Å². The maximum absolute atomic E-state index is 11.0. The van der Waals surface area contributed by atoms with Crippen molar-refractivity contribution in [3.8, 4) is 0 Å². The van der Waals surface area contributed by atoms with Gasteiger partial charge in [-0.15, -0.1) is 0 Å². The molecule has 1 rings (SSSR count). The van der Waals surface area contributed by atoms with Crippen LogP contribution in [0, 0.1) is 5.92 Å². The van der Waals surface area contributed by atoms with Gasteiger partial charge in [0.15, 0.2) is 0 Å². The Morgan fingerprint density at radius 3 is 2.19 bits per heavy atom. The molecule has 0 N–H and O–H groups in total. The van der Waals surface area contributed by atoms with E-state index in [1.165, 1.54) is 57.8 Å². The first-order valence-corrected chi connectivity index (χ1v) is 11.6. The molecule has 0 aromatic carbocycles. The molecular formula is C25H48O2. The number of unbranched alkanes of at least 4 members (excludes halogenated alkanes) is 5. The SMILES string of the molecule is C/C=C\CCCC(=O)OC(C)C.CC.CCCCCC/C=C/C1CCCC1. The highest BCUT2D eigenvalue weighted by Gasteiger charge is 2.10. The first-order valence-electron chi connectivity index (χ1n) is 11.6. The molecule has 1 fully saturated rings. The van der Waals surface area contributed by atoms with Crippen LogP contribution in [0.2, 0.25) is 0 Å². The largest absolute Gasteiger partial charge is 0.463 e. The van der Waals surface area contributed by atoms with Crippen molar-refractivity contribution in [1.82, 2.24) is 0 Å². The first kappa shape index (κ1) is 28.2. The Morgan fingerprint density at radius 2 is 1.63 bits per heavy atom. The van der Waals surface area contributed by atoms with Gasteiger partial charge in [0.2, 0.25) is 0 Å². The molecule has 160 valence electrons. The summed E-state index contributed by atoms with van der Waals surface area (Å²) >= 11 is 0. The topological polar surface area (TPSA) is 26.3 Å². The summed E-state index contributed by atoms with van der Waals surface area (Å²) in [4.78, 5) is 11.0. The lowest BCUT2D eigenvalue weighted by molar-refractivity contribution is -0.147. The van der Waals surface area contributed by atoms with Gasteiger partial charge in [0.25, 0.3) is 0 Å². The molecule has 27 heavy (non-hydrogen) atoms. The molecule has 0 radical (unpaired) electrons. The molecule has 0 aromatic heterocycles. The summed E-state index contributed by atoms with van der Waals surface area (Å²) in [6.07, 6.45) is 24.1. The van der Waals surface area contributed by atoms with Gasteiger partial charge in [-0.1, -0.05) is 77.2 Å². The van der Waals surface area contributed by atoms with Crippen molar-refractivity contribution in [2.75, 3.05) is 0 Å². The average molecular weight is 381 g/mol. The zero-order chi connectivity index (χ0) is 20.8. The molecule has 0 amide bonds. The fourth-order valence-corrected chi connectivity index (χ4v) is 2.98. The standard InChI is InChI=1S/C13H24.C10H18O2.C2H6/c1-2-3-4-5-6-7-10-13-11-8-9-12-13;1-4-5-6-7-8-10(11)12-9(2)3;1-2/h7,10,13H,2-6,8-9,11-12H2,1H3;4-5,9H,6-8H2,1-3H3;1-2H3/b10-7+;5-4-;. The van der Waals surface area contributed by atoms with Gasteiger partial charge >= 0.3 is 5.97 Å². The van der Waals surface area contributed by atoms with E-state index in [1.54, 1.807) is 0 Å². The van der Waals surface area contributed by atoms with E-state index in [-0.39, 0.29) is 12.1 Å². The number of hydrogen-bond donors (Lipinski definition) is 0. The molecule has 0 aliphatic heterocycles. The van der Waals surface area contributed by atoms with Crippen LogP contribution in [0.5, 0.6) is 0 Å². The van der Waals surface area contributed by atoms with Crippen LogP contribution in [0.25, 0.3) is 0 Å². The van der Waals surface area contributed by atoms with E-state index in [0.29, 0.717) is 6.42 Å². The van der Waals surface area contributed by atoms with Crippen LogP contribution >= 0.6 is 0 Å². The Balaban J connectivity index is 0. The van der Waals surface area contributed by atoms with E-state index < -0.39 is 0 Å². The minimum absolute atomic E-state index is 0.0132. The Bertz CT molecular complexity index is 349. The molecule has 2 heteroatoms. The van der Waals surface area contributed by atoms with E-state index in [1.807, 2.05) is 40.7 Å². The zero-order valence-electron chi connectivity index (χ0n) is 19.3. The average Bonchev–Trinajstić information content (AvgIpc) is 3.17. The third kappa shape index (κ3) is 22.9. The van der Waals surface area contributed by atoms with Crippen LogP contribution in [0.3, 0.4) is 0 Å². The van der Waals surface area contributed by atoms with E-state index in [4.69, 9.17) is 4.74 Å². The van der Waals surface area contributed by atoms with Crippen LogP contribution in [-0.4, -0.2) is 12.1 Å². The predicted molar refractivity (Wildman–Crippen MR) is 121 cm³/mol. The van der Waals surface area contributed by atoms with Crippen molar-refractivity contribution in [2.24, 2.45) is 5.92 Å². The fraction of sp³-hybridized carbons (Fsp3) is 0.800. The summed E-state index contributed by atoms with van der Waals surface area (Å²) in [5.41, 5.74) is 0. The quantitative estimate of drug-likeness (QED) is 0.204. The van der Waals surface area contributed by atoms with Gasteiger partial charge in [0, 0.05) is 6.42 Å². The highest BCUT2D eigenvalue weighted by molar-refractivity contribution is 5.69. The number of carbonyl (C=O) groups is 1. The lowest BCUT2D eigenvalue weighted by Crippen LogP contribution is -2.10. The summed E-state index contributed by atoms with van der Waals surface area (Å²) in [6.45, 7) is 12.0. The fourth-order valence-electron chi connectivity index (χ4n) is 2.98. The zero-order valence-corrected chi connectivity index (χ0v) is 19.3. The Kier molecular flexibility index (Phi) is 24.0. The summed E-state index contributed by atoms with van der Waals surface area (Å²) in [7, 11) is 0. The molecule has 0 atom stereocenters. The van der Waals surface area contributed by atoms with Gasteiger partial charge in [-0.2, -0.15) is 0 Å². The summed E-state index contributed by atoms with van der Waals surface area (Å²) in [5.74, 6) is 0.848. The number of esters is 1. The van der Waals surface area contributed by atoms with Crippen molar-refractivity contribution in [1.29, 1.82) is 0 Å². The Hall–Kier alpha value is -1.05. The van der Waals surface area contributed by atoms with Crippen molar-refractivity contribution in [2.45, 2.75) is 125 Å². The Labute approximate surface area is 170 Å². The molecule has 0 heterocycles. The maximum atomic E-state index is 11.0. The molecule has 0 aromatic rings. The van der Waals surface area contributed by atoms with Crippen LogP contribution in [-0.2, 0) is 9.53 Å². The molecule has 1 aliphatic rings. The number of rotatable bonds is 11. The first-order chi connectivity index (χ1) is 13.1. The van der Waals surface area contributed by atoms with Crippen LogP contribution in [0.15, 0.2) is 24.3 Å². The second kappa shape index (κ2) is 23.0. The van der Waals surface area contributed by atoms with Crippen molar-refractivity contribution in [3.63, 3.8) is 0 Å². The highest BCUT2D eigenvalue weighted by atomic mass is 16.5. The summed E-state index contributed by atoms with van der Waals surface area (Å²) in [6, 6.07) is 0. The van der Waals surface area contributed by atoms with Gasteiger partial charge in [-0.25, -0.2) is 0 Å². The molecule has 0 saturated heterocycles. The minimum Gasteiger partial charge on any atom is -0.463 e. The number of carbonyl (C=O) groups excluding carboxylic acids is 1. The number of ether oxygens (including phenoxy) is 1. The molecule has 2 nitrogen and oxygen atoms in total. The summed E-state index contributed by atoms with van der Waals surface area (Å²) < 4.78 is 4.97. The molecule has 0 spiro atoms. The monoisotopic (exact) mass is 380 g/mol. The van der Waals surface area contributed by atoms with Gasteiger partial charge in [0.1, 0.15) is 0 Å². The highest BCUT2D eigenvalue weighted by Crippen LogP contribution is 2.25. The predicted octanol–water partition coefficient (Wildman–Crippen LogP) is 8.41. The Morgan fingerprint density at radius 1 is 1.00 bits per heavy atom. The van der Waals surface area contributed by atoms with E-state index in [9.17, 15) is 4.79 Å². The normalized spacial score (nSPS) is 14.2. The van der Waals surface area contributed by atoms with Crippen molar-refractivity contribution >= 4 is 5.97 Å². The molecular weight excluding hydrogens is 332 g/mol. The third-order valence-corrected chi connectivity index (χ3v) is 4.39. The lowest BCUT2D eigenvalue weighted by atomic mass is 10.1. The van der Waals surface area contributed by atoms with E-state index >= 15 is 0 Å². The number of hydrogen-bond acceptors (Lipinski definition) is 2. The number of allylic oxidation sites excluding steroid dienone is 4. The van der Waals surface area contributed by atoms with Crippen molar-refractivity contribution in [3.05, 3.63) is 24.3 Å². The van der Waals surface area contributed by atoms with Gasteiger partial charge in [0.05, 0.1) is 6.10 Å². The second-order valence-electron chi connectivity index (χ2n) is 7.32. The van der Waals surface area contributed by atoms with Crippen molar-refractivity contribution < 1.29 is 9.53 Å². The lowest BCUT2D eigenvalue weighted by Gasteiger charge is -2.06. The van der Waals surface area contributed by atoms with Gasteiger partial charge < -0.3 is 4.74 Å². The smallest absolute Gasteiger partial charge is 0.306 e.